The van der Waals surface area contributed by atoms with Crippen molar-refractivity contribution < 1.29 is 4.74 Å². The van der Waals surface area contributed by atoms with Gasteiger partial charge in [-0.15, -0.1) is 10.2 Å². The summed E-state index contributed by atoms with van der Waals surface area (Å²) in [6, 6.07) is 0. The Bertz CT molecular complexity index is 265. The predicted octanol–water partition coefficient (Wildman–Crippen LogP) is 1.45. The van der Waals surface area contributed by atoms with Gasteiger partial charge in [-0.3, -0.25) is 0 Å². The van der Waals surface area contributed by atoms with Crippen LogP contribution in [0.2, 0.25) is 0 Å². The molecule has 0 N–H and O–H groups in total. The molecule has 1 aliphatic rings. The van der Waals surface area contributed by atoms with Crippen LogP contribution in [0.15, 0.2) is 9.21 Å². The molecule has 0 radical (unpaired) electrons. The van der Waals surface area contributed by atoms with Gasteiger partial charge < -0.3 is 4.74 Å². The highest BCUT2D eigenvalue weighted by molar-refractivity contribution is 9.13. The molecule has 66 valence electrons. The third kappa shape index (κ3) is 1.70. The van der Waals surface area contributed by atoms with Gasteiger partial charge in [-0.05, 0) is 31.9 Å². The van der Waals surface area contributed by atoms with Crippen molar-refractivity contribution in [2.45, 2.75) is 6.54 Å². The molecule has 1 aromatic rings. The Balaban J connectivity index is 2.02. The SMILES string of the molecule is Brc1nn(CC2COC2)nc1Br. The molecule has 0 aliphatic carbocycles. The minimum absolute atomic E-state index is 0.580. The fraction of sp³-hybridized carbons (Fsp3) is 0.667. The van der Waals surface area contributed by atoms with Gasteiger partial charge in [-0.2, -0.15) is 4.80 Å². The summed E-state index contributed by atoms with van der Waals surface area (Å²) < 4.78 is 6.56. The summed E-state index contributed by atoms with van der Waals surface area (Å²) >= 11 is 6.55. The lowest BCUT2D eigenvalue weighted by Gasteiger charge is -2.24. The maximum Gasteiger partial charge on any atom is 0.162 e. The van der Waals surface area contributed by atoms with Crippen LogP contribution in [0.1, 0.15) is 0 Å². The van der Waals surface area contributed by atoms with E-state index in [1.165, 1.54) is 0 Å². The first-order valence-electron chi connectivity index (χ1n) is 3.59. The molecule has 2 heterocycles. The number of hydrogen-bond acceptors (Lipinski definition) is 3. The van der Waals surface area contributed by atoms with Crippen LogP contribution in [-0.4, -0.2) is 28.2 Å². The van der Waals surface area contributed by atoms with Crippen LogP contribution in [0.4, 0.5) is 0 Å². The largest absolute Gasteiger partial charge is 0.381 e. The highest BCUT2D eigenvalue weighted by atomic mass is 79.9. The third-order valence-corrected chi connectivity index (χ3v) is 3.31. The maximum atomic E-state index is 5.05. The standard InChI is InChI=1S/C6H7Br2N3O/c7-5-6(8)10-11(9-5)1-4-2-12-3-4/h4H,1-3H2. The van der Waals surface area contributed by atoms with Crippen LogP contribution in [0.3, 0.4) is 0 Å². The quantitative estimate of drug-likeness (QED) is 0.829. The number of nitrogens with zero attached hydrogens (tertiary/aromatic N) is 3. The van der Waals surface area contributed by atoms with Crippen LogP contribution in [0, 0.1) is 5.92 Å². The Morgan fingerprint density at radius 1 is 1.33 bits per heavy atom. The van der Waals surface area contributed by atoms with Crippen LogP contribution in [0.25, 0.3) is 0 Å². The predicted molar refractivity (Wildman–Crippen MR) is 49.7 cm³/mol. The zero-order chi connectivity index (χ0) is 8.55. The molecule has 1 saturated heterocycles. The normalized spacial score (nSPS) is 17.8. The van der Waals surface area contributed by atoms with Crippen molar-refractivity contribution in [2.24, 2.45) is 5.92 Å². The van der Waals surface area contributed by atoms with E-state index < -0.39 is 0 Å². The van der Waals surface area contributed by atoms with Gasteiger partial charge in [0.15, 0.2) is 9.21 Å². The van der Waals surface area contributed by atoms with Crippen LogP contribution in [0.5, 0.6) is 0 Å². The number of ether oxygens (including phenoxy) is 1. The van der Waals surface area contributed by atoms with Crippen molar-refractivity contribution >= 4 is 31.9 Å². The van der Waals surface area contributed by atoms with Crippen molar-refractivity contribution in [1.29, 1.82) is 0 Å². The van der Waals surface area contributed by atoms with Crippen molar-refractivity contribution in [2.75, 3.05) is 13.2 Å². The van der Waals surface area contributed by atoms with Crippen molar-refractivity contribution in [3.8, 4) is 0 Å². The summed E-state index contributed by atoms with van der Waals surface area (Å²) in [5.41, 5.74) is 0. The molecule has 0 spiro atoms. The van der Waals surface area contributed by atoms with Gasteiger partial charge in [-0.25, -0.2) is 0 Å². The lowest BCUT2D eigenvalue weighted by atomic mass is 10.1. The lowest BCUT2D eigenvalue weighted by Crippen LogP contribution is -2.32. The summed E-state index contributed by atoms with van der Waals surface area (Å²) in [6.07, 6.45) is 0. The zero-order valence-electron chi connectivity index (χ0n) is 6.20. The van der Waals surface area contributed by atoms with E-state index in [-0.39, 0.29) is 0 Å². The van der Waals surface area contributed by atoms with Gasteiger partial charge in [0.25, 0.3) is 0 Å². The molecule has 0 bridgehead atoms. The first-order chi connectivity index (χ1) is 5.75. The number of rotatable bonds is 2. The fourth-order valence-corrected chi connectivity index (χ4v) is 1.53. The van der Waals surface area contributed by atoms with Gasteiger partial charge in [0, 0.05) is 5.92 Å². The van der Waals surface area contributed by atoms with E-state index in [1.54, 1.807) is 4.80 Å². The molecule has 0 aromatic carbocycles. The van der Waals surface area contributed by atoms with E-state index in [1.807, 2.05) is 0 Å². The molecule has 1 aliphatic heterocycles. The van der Waals surface area contributed by atoms with Crippen molar-refractivity contribution in [1.82, 2.24) is 15.0 Å². The molecule has 1 aromatic heterocycles. The van der Waals surface area contributed by atoms with Gasteiger partial charge >= 0.3 is 0 Å². The molecule has 4 nitrogen and oxygen atoms in total. The summed E-state index contributed by atoms with van der Waals surface area (Å²) in [6.45, 7) is 2.50. The Morgan fingerprint density at radius 3 is 2.33 bits per heavy atom. The zero-order valence-corrected chi connectivity index (χ0v) is 9.38. The van der Waals surface area contributed by atoms with E-state index in [9.17, 15) is 0 Å². The molecule has 0 atom stereocenters. The van der Waals surface area contributed by atoms with E-state index in [4.69, 9.17) is 4.74 Å². The Labute approximate surface area is 86.5 Å². The monoisotopic (exact) mass is 295 g/mol. The third-order valence-electron chi connectivity index (χ3n) is 1.71. The van der Waals surface area contributed by atoms with Gasteiger partial charge in [0.05, 0.1) is 19.8 Å². The van der Waals surface area contributed by atoms with Gasteiger partial charge in [0.1, 0.15) is 0 Å². The van der Waals surface area contributed by atoms with E-state index in [2.05, 4.69) is 42.1 Å². The molecule has 12 heavy (non-hydrogen) atoms. The number of hydrogen-bond donors (Lipinski definition) is 0. The average molecular weight is 297 g/mol. The molecule has 6 heteroatoms. The summed E-state index contributed by atoms with van der Waals surface area (Å²) in [4.78, 5) is 1.68. The summed E-state index contributed by atoms with van der Waals surface area (Å²) in [5.74, 6) is 0.580. The minimum atomic E-state index is 0.580. The number of aromatic nitrogens is 3. The van der Waals surface area contributed by atoms with Gasteiger partial charge in [-0.1, -0.05) is 0 Å². The van der Waals surface area contributed by atoms with E-state index in [0.29, 0.717) is 5.92 Å². The second-order valence-electron chi connectivity index (χ2n) is 2.74. The number of halogens is 2. The summed E-state index contributed by atoms with van der Waals surface area (Å²) in [7, 11) is 0. The topological polar surface area (TPSA) is 39.9 Å². The highest BCUT2D eigenvalue weighted by Crippen LogP contribution is 2.18. The maximum absolute atomic E-state index is 5.05. The van der Waals surface area contributed by atoms with Crippen LogP contribution in [-0.2, 0) is 11.3 Å². The second-order valence-corrected chi connectivity index (χ2v) is 4.24. The average Bonchev–Trinajstić information content (AvgIpc) is 2.24. The van der Waals surface area contributed by atoms with Crippen molar-refractivity contribution in [3.05, 3.63) is 9.21 Å². The fourth-order valence-electron chi connectivity index (χ4n) is 1.01. The minimum Gasteiger partial charge on any atom is -0.381 e. The molecular formula is C6H7Br2N3O. The molecular weight excluding hydrogens is 290 g/mol. The van der Waals surface area contributed by atoms with Gasteiger partial charge in [0.2, 0.25) is 0 Å². The second kappa shape index (κ2) is 3.43. The van der Waals surface area contributed by atoms with Crippen molar-refractivity contribution in [3.63, 3.8) is 0 Å². The van der Waals surface area contributed by atoms with E-state index >= 15 is 0 Å². The lowest BCUT2D eigenvalue weighted by molar-refractivity contribution is -0.0426. The molecule has 1 fully saturated rings. The smallest absolute Gasteiger partial charge is 0.162 e. The van der Waals surface area contributed by atoms with E-state index in [0.717, 1.165) is 29.0 Å². The van der Waals surface area contributed by atoms with Crippen LogP contribution < -0.4 is 0 Å². The summed E-state index contributed by atoms with van der Waals surface area (Å²) in [5, 5.41) is 8.30. The Hall–Kier alpha value is 0.0600. The first kappa shape index (κ1) is 8.65. The Kier molecular flexibility index (Phi) is 2.47. The first-order valence-corrected chi connectivity index (χ1v) is 5.18. The highest BCUT2D eigenvalue weighted by Gasteiger charge is 2.20. The molecule has 0 saturated carbocycles. The Morgan fingerprint density at radius 2 is 1.92 bits per heavy atom. The molecule has 2 rings (SSSR count). The molecule has 0 amide bonds. The van der Waals surface area contributed by atoms with Crippen LogP contribution >= 0.6 is 31.9 Å². The molecule has 0 unspecified atom stereocenters.